The Morgan fingerprint density at radius 2 is 0.848 bits per heavy atom. The maximum atomic E-state index is 13.2. The van der Waals surface area contributed by atoms with Crippen molar-refractivity contribution in [2.45, 2.75) is 206 Å². The Morgan fingerprint density at radius 3 is 1.41 bits per heavy atom. The third kappa shape index (κ3) is 44.9. The molecule has 0 aliphatic rings. The van der Waals surface area contributed by atoms with Crippen molar-refractivity contribution >= 4 is 11.8 Å². The van der Waals surface area contributed by atoms with Crippen LogP contribution in [0, 0.1) is 5.92 Å². The minimum absolute atomic E-state index is 0.00599. The summed E-state index contributed by atoms with van der Waals surface area (Å²) in [5.41, 5.74) is 0. The van der Waals surface area contributed by atoms with Crippen molar-refractivity contribution in [3.05, 3.63) is 158 Å². The summed E-state index contributed by atoms with van der Waals surface area (Å²) in [4.78, 5) is 25.3. The summed E-state index contributed by atoms with van der Waals surface area (Å²) in [6, 6.07) is 0. The van der Waals surface area contributed by atoms with Gasteiger partial charge in [0.25, 0.3) is 0 Å². The summed E-state index contributed by atoms with van der Waals surface area (Å²) in [6.07, 6.45) is 78.8. The molecule has 0 radical (unpaired) electrons. The molecule has 5 nitrogen and oxygen atoms in total. The van der Waals surface area contributed by atoms with E-state index in [9.17, 15) is 19.8 Å². The first-order chi connectivity index (χ1) is 32.5. The van der Waals surface area contributed by atoms with Gasteiger partial charge < -0.3 is 14.9 Å². The molecule has 0 fully saturated rings. The molecular weight excluding hydrogens is 813 g/mol. The largest absolute Gasteiger partial charge is 0.433 e. The van der Waals surface area contributed by atoms with Gasteiger partial charge in [-0.05, 0) is 69.9 Å². The molecule has 66 heavy (non-hydrogen) atoms. The lowest BCUT2D eigenvalue weighted by atomic mass is 9.92. The van der Waals surface area contributed by atoms with Crippen LogP contribution in [-0.4, -0.2) is 34.2 Å². The number of carbonyl (C=O) groups is 2. The van der Waals surface area contributed by atoms with E-state index in [0.29, 0.717) is 0 Å². The van der Waals surface area contributed by atoms with Crippen LogP contribution in [0.5, 0.6) is 0 Å². The topological polar surface area (TPSA) is 83.8 Å². The molecule has 5 heteroatoms. The van der Waals surface area contributed by atoms with Crippen molar-refractivity contribution in [1.82, 2.24) is 0 Å². The predicted molar refractivity (Wildman–Crippen MR) is 287 cm³/mol. The van der Waals surface area contributed by atoms with E-state index in [1.165, 1.54) is 147 Å². The summed E-state index contributed by atoms with van der Waals surface area (Å²) in [5, 5.41) is 20.3. The first kappa shape index (κ1) is 61.7. The van der Waals surface area contributed by atoms with Crippen LogP contribution in [0.4, 0.5) is 0 Å². The number of unbranched alkanes of at least 4 members (excludes halogenated alkanes) is 20. The molecule has 0 aromatic carbocycles. The van der Waals surface area contributed by atoms with Crippen molar-refractivity contribution in [2.75, 3.05) is 0 Å². The smallest absolute Gasteiger partial charge is 0.342 e. The Morgan fingerprint density at radius 1 is 0.424 bits per heavy atom. The van der Waals surface area contributed by atoms with E-state index in [1.54, 1.807) is 30.4 Å². The van der Waals surface area contributed by atoms with Gasteiger partial charge in [0.2, 0.25) is 0 Å². The van der Waals surface area contributed by atoms with E-state index in [1.807, 2.05) is 66.8 Å². The number of carbonyl (C=O) groups excluding carboxylic acids is 2. The van der Waals surface area contributed by atoms with Gasteiger partial charge in [-0.25, -0.2) is 4.79 Å². The molecule has 0 aromatic rings. The second-order valence-electron chi connectivity index (χ2n) is 17.1. The van der Waals surface area contributed by atoms with Crippen LogP contribution in [0.2, 0.25) is 0 Å². The average Bonchev–Trinajstić information content (AvgIpc) is 3.32. The third-order valence-corrected chi connectivity index (χ3v) is 11.0. The van der Waals surface area contributed by atoms with Gasteiger partial charge in [0.1, 0.15) is 6.10 Å². The number of ketones is 1. The first-order valence-electron chi connectivity index (χ1n) is 26.2. The highest BCUT2D eigenvalue weighted by molar-refractivity contribution is 5.91. The maximum Gasteiger partial charge on any atom is 0.342 e. The van der Waals surface area contributed by atoms with Crippen molar-refractivity contribution in [2.24, 2.45) is 5.92 Å². The molecule has 368 valence electrons. The van der Waals surface area contributed by atoms with Gasteiger partial charge in [0.05, 0.1) is 6.26 Å². The van der Waals surface area contributed by atoms with Gasteiger partial charge in [0, 0.05) is 5.92 Å². The van der Waals surface area contributed by atoms with Crippen LogP contribution >= 0.6 is 0 Å². The first-order valence-corrected chi connectivity index (χ1v) is 26.2. The monoisotopic (exact) mass is 907 g/mol. The standard InChI is InChI=1S/C61H94O5/c1-4-7-10-13-16-18-20-22-24-25-26-28-30-32-37-41-46-51-56-66-61(65)60(64)59(63)55-50-45-40-36-33-34-38-43-48-53-57(52-47-42-15-12-9-6-3)58(62)54-49-44-39-35-31-29-27-23-21-19-17-14-11-8-5-2/h23,25-28,30-38,40-41,43,45-46,48-51,54-57,59-60,63-64H,4-22,24,29,39,42,44,47,52-53H2,1-3H3. The Bertz CT molecular complexity index is 1520. The van der Waals surface area contributed by atoms with Crippen LogP contribution in [0.25, 0.3) is 0 Å². The van der Waals surface area contributed by atoms with Crippen molar-refractivity contribution in [3.8, 4) is 0 Å². The Labute approximate surface area is 405 Å². The summed E-state index contributed by atoms with van der Waals surface area (Å²) < 4.78 is 4.94. The fourth-order valence-electron chi connectivity index (χ4n) is 6.93. The van der Waals surface area contributed by atoms with Crippen molar-refractivity contribution in [3.63, 3.8) is 0 Å². The highest BCUT2D eigenvalue weighted by Gasteiger charge is 2.23. The molecule has 0 aliphatic heterocycles. The molecule has 0 saturated carbocycles. The van der Waals surface area contributed by atoms with Crippen LogP contribution in [0.3, 0.4) is 0 Å². The molecule has 0 bridgehead atoms. The second kappa shape index (κ2) is 51.7. The van der Waals surface area contributed by atoms with E-state index in [4.69, 9.17) is 4.74 Å². The number of allylic oxidation sites excluding steroid dienone is 24. The number of esters is 1. The minimum atomic E-state index is -1.71. The molecule has 0 rings (SSSR count). The maximum absolute atomic E-state index is 13.2. The van der Waals surface area contributed by atoms with Gasteiger partial charge >= 0.3 is 5.97 Å². The Kier molecular flexibility index (Phi) is 48.3. The lowest BCUT2D eigenvalue weighted by Gasteiger charge is -2.11. The molecular formula is C61H94O5. The highest BCUT2D eigenvalue weighted by Crippen LogP contribution is 2.18. The molecule has 2 N–H and O–H groups in total. The zero-order valence-electron chi connectivity index (χ0n) is 42.0. The molecule has 0 aromatic heterocycles. The van der Waals surface area contributed by atoms with Crippen LogP contribution in [0.1, 0.15) is 194 Å². The number of rotatable bonds is 44. The number of aliphatic hydroxyl groups excluding tert-OH is 2. The van der Waals surface area contributed by atoms with Gasteiger partial charge in [-0.3, -0.25) is 4.79 Å². The lowest BCUT2D eigenvalue weighted by Crippen LogP contribution is -2.33. The fourth-order valence-corrected chi connectivity index (χ4v) is 6.93. The van der Waals surface area contributed by atoms with Crippen molar-refractivity contribution < 1.29 is 24.5 Å². The zero-order chi connectivity index (χ0) is 48.1. The normalized spacial score (nSPS) is 14.6. The molecule has 0 aliphatic carbocycles. The molecule has 3 atom stereocenters. The summed E-state index contributed by atoms with van der Waals surface area (Å²) in [5.74, 6) is -0.709. The number of hydrogen-bond donors (Lipinski definition) is 2. The van der Waals surface area contributed by atoms with Crippen molar-refractivity contribution in [1.29, 1.82) is 0 Å². The van der Waals surface area contributed by atoms with Crippen LogP contribution in [-0.2, 0) is 14.3 Å². The van der Waals surface area contributed by atoms with E-state index in [0.717, 1.165) is 44.9 Å². The lowest BCUT2D eigenvalue weighted by molar-refractivity contribution is -0.151. The summed E-state index contributed by atoms with van der Waals surface area (Å²) >= 11 is 0. The Hall–Kier alpha value is -4.32. The molecule has 3 unspecified atom stereocenters. The SMILES string of the molecule is CCCCCCCCC=CCC=CCCC=CC(=O)C(CC=CC=CC=CC=CC=CC(O)C(O)C(=O)OC=CC=CC=CC=CC=CCCCCCCCCCC)CCCCCCCC. The summed E-state index contributed by atoms with van der Waals surface area (Å²) in [7, 11) is 0. The van der Waals surface area contributed by atoms with E-state index in [-0.39, 0.29) is 11.7 Å². The highest BCUT2D eigenvalue weighted by atomic mass is 16.5. The third-order valence-electron chi connectivity index (χ3n) is 11.0. The van der Waals surface area contributed by atoms with E-state index in [2.05, 4.69) is 63.3 Å². The predicted octanol–water partition coefficient (Wildman–Crippen LogP) is 17.2. The number of hydrogen-bond acceptors (Lipinski definition) is 5. The van der Waals surface area contributed by atoms with Crippen LogP contribution < -0.4 is 0 Å². The van der Waals surface area contributed by atoms with Gasteiger partial charge in [-0.2, -0.15) is 0 Å². The molecule has 0 spiro atoms. The van der Waals surface area contributed by atoms with Crippen LogP contribution in [0.15, 0.2) is 158 Å². The Balaban J connectivity index is 4.54. The molecule has 0 saturated heterocycles. The molecule has 0 heterocycles. The summed E-state index contributed by atoms with van der Waals surface area (Å²) in [6.45, 7) is 6.75. The van der Waals surface area contributed by atoms with E-state index < -0.39 is 18.2 Å². The fraction of sp³-hybridized carbons (Fsp3) is 0.541. The van der Waals surface area contributed by atoms with Gasteiger partial charge in [-0.1, -0.05) is 276 Å². The minimum Gasteiger partial charge on any atom is -0.433 e. The van der Waals surface area contributed by atoms with E-state index >= 15 is 0 Å². The van der Waals surface area contributed by atoms with Gasteiger partial charge in [-0.15, -0.1) is 0 Å². The molecule has 0 amide bonds. The average molecular weight is 907 g/mol. The number of aliphatic hydroxyl groups is 2. The number of ether oxygens (including phenoxy) is 1. The van der Waals surface area contributed by atoms with Gasteiger partial charge in [0.15, 0.2) is 11.9 Å². The second-order valence-corrected chi connectivity index (χ2v) is 17.1. The zero-order valence-corrected chi connectivity index (χ0v) is 42.0. The quantitative estimate of drug-likeness (QED) is 0.0159.